The van der Waals surface area contributed by atoms with E-state index in [0.29, 0.717) is 23.6 Å². The fourth-order valence-corrected chi connectivity index (χ4v) is 2.87. The van der Waals surface area contributed by atoms with Gasteiger partial charge in [-0.05, 0) is 61.1 Å². The normalized spacial score (nSPS) is 10.5. The first-order chi connectivity index (χ1) is 12.6. The summed E-state index contributed by atoms with van der Waals surface area (Å²) in [5.74, 6) is 1.40. The van der Waals surface area contributed by atoms with Crippen LogP contribution in [-0.4, -0.2) is 27.8 Å². The van der Waals surface area contributed by atoms with Crippen molar-refractivity contribution in [2.24, 2.45) is 0 Å². The summed E-state index contributed by atoms with van der Waals surface area (Å²) in [6.45, 7) is 2.43. The average molecular weight is 368 g/mol. The minimum absolute atomic E-state index is 0.0700. The number of anilines is 1. The van der Waals surface area contributed by atoms with E-state index in [-0.39, 0.29) is 5.91 Å². The van der Waals surface area contributed by atoms with Gasteiger partial charge in [-0.3, -0.25) is 14.5 Å². The zero-order valence-corrected chi connectivity index (χ0v) is 15.5. The average Bonchev–Trinajstić information content (AvgIpc) is 3.00. The monoisotopic (exact) mass is 368 g/mol. The van der Waals surface area contributed by atoms with Gasteiger partial charge < -0.3 is 10.1 Å². The predicted octanol–water partition coefficient (Wildman–Crippen LogP) is 3.95. The number of nitrogens with one attached hydrogen (secondary N) is 2. The number of methoxy groups -OCH3 is 1. The van der Waals surface area contributed by atoms with Crippen molar-refractivity contribution in [2.75, 3.05) is 12.4 Å². The van der Waals surface area contributed by atoms with E-state index in [1.165, 1.54) is 0 Å². The van der Waals surface area contributed by atoms with Crippen LogP contribution in [0.4, 0.5) is 5.69 Å². The van der Waals surface area contributed by atoms with Gasteiger partial charge in [0.05, 0.1) is 7.11 Å². The second-order valence-corrected chi connectivity index (χ2v) is 6.29. The maximum absolute atomic E-state index is 12.3. The minimum Gasteiger partial charge on any atom is -0.497 e. The molecule has 0 saturated heterocycles. The van der Waals surface area contributed by atoms with Crippen LogP contribution in [0.1, 0.15) is 12.0 Å². The van der Waals surface area contributed by atoms with Gasteiger partial charge in [-0.25, -0.2) is 0 Å². The number of hydrogen-bond acceptors (Lipinski definition) is 4. The minimum atomic E-state index is -0.0700. The second-order valence-electron chi connectivity index (χ2n) is 5.90. The summed E-state index contributed by atoms with van der Waals surface area (Å²) in [4.78, 5) is 12.3. The highest BCUT2D eigenvalue weighted by molar-refractivity contribution is 7.71. The fraction of sp³-hybridized carbons (Fsp3) is 0.211. The molecule has 0 aliphatic rings. The molecule has 0 aliphatic carbocycles. The van der Waals surface area contributed by atoms with Crippen molar-refractivity contribution in [3.05, 3.63) is 58.9 Å². The number of ether oxygens (including phenoxy) is 1. The lowest BCUT2D eigenvalue weighted by molar-refractivity contribution is -0.116. The number of aromatic nitrogens is 3. The highest BCUT2D eigenvalue weighted by Crippen LogP contribution is 2.21. The van der Waals surface area contributed by atoms with E-state index in [9.17, 15) is 4.79 Å². The largest absolute Gasteiger partial charge is 0.497 e. The quantitative estimate of drug-likeness (QED) is 0.646. The SMILES string of the molecule is COc1ccc(-c2n[nH]c(=S)n2CCC(=O)Nc2cccc(C)c2)cc1. The number of hydrogen-bond donors (Lipinski definition) is 2. The van der Waals surface area contributed by atoms with Crippen LogP contribution in [0.3, 0.4) is 0 Å². The van der Waals surface area contributed by atoms with Crippen LogP contribution < -0.4 is 10.1 Å². The molecule has 1 aromatic heterocycles. The summed E-state index contributed by atoms with van der Waals surface area (Å²) < 4.78 is 7.49. The van der Waals surface area contributed by atoms with E-state index in [1.807, 2.05) is 60.0 Å². The zero-order chi connectivity index (χ0) is 18.5. The highest BCUT2D eigenvalue weighted by Gasteiger charge is 2.11. The van der Waals surface area contributed by atoms with Gasteiger partial charge in [0.2, 0.25) is 5.91 Å². The number of nitrogens with zero attached hydrogens (tertiary/aromatic N) is 2. The van der Waals surface area contributed by atoms with Gasteiger partial charge in [-0.15, -0.1) is 0 Å². The van der Waals surface area contributed by atoms with E-state index in [4.69, 9.17) is 17.0 Å². The number of aromatic amines is 1. The molecular weight excluding hydrogens is 348 g/mol. The van der Waals surface area contributed by atoms with Crippen molar-refractivity contribution in [2.45, 2.75) is 19.9 Å². The van der Waals surface area contributed by atoms with Crippen LogP contribution in [0.15, 0.2) is 48.5 Å². The maximum atomic E-state index is 12.3. The van der Waals surface area contributed by atoms with Gasteiger partial charge in [0.15, 0.2) is 10.6 Å². The summed E-state index contributed by atoms with van der Waals surface area (Å²) in [6.07, 6.45) is 0.297. The lowest BCUT2D eigenvalue weighted by Gasteiger charge is -2.09. The molecule has 7 heteroatoms. The van der Waals surface area contributed by atoms with E-state index < -0.39 is 0 Å². The molecule has 0 spiro atoms. The highest BCUT2D eigenvalue weighted by atomic mass is 32.1. The molecular formula is C19H20N4O2S. The van der Waals surface area contributed by atoms with Crippen molar-refractivity contribution >= 4 is 23.8 Å². The molecule has 0 fully saturated rings. The number of rotatable bonds is 6. The smallest absolute Gasteiger partial charge is 0.226 e. The van der Waals surface area contributed by atoms with Crippen LogP contribution >= 0.6 is 12.2 Å². The molecule has 3 rings (SSSR count). The number of carbonyl (C=O) groups excluding carboxylic acids is 1. The third kappa shape index (κ3) is 4.18. The molecule has 134 valence electrons. The van der Waals surface area contributed by atoms with E-state index in [1.54, 1.807) is 7.11 Å². The van der Waals surface area contributed by atoms with Crippen molar-refractivity contribution in [1.82, 2.24) is 14.8 Å². The van der Waals surface area contributed by atoms with E-state index in [0.717, 1.165) is 22.6 Å². The molecule has 0 aliphatic heterocycles. The number of aryl methyl sites for hydroxylation is 1. The second kappa shape index (κ2) is 7.97. The number of benzene rings is 2. The van der Waals surface area contributed by atoms with E-state index >= 15 is 0 Å². The topological polar surface area (TPSA) is 71.9 Å². The molecule has 0 bridgehead atoms. The maximum Gasteiger partial charge on any atom is 0.226 e. The third-order valence-electron chi connectivity index (χ3n) is 3.97. The molecule has 1 amide bonds. The summed E-state index contributed by atoms with van der Waals surface area (Å²) >= 11 is 5.31. The Morgan fingerprint density at radius 3 is 2.73 bits per heavy atom. The summed E-state index contributed by atoms with van der Waals surface area (Å²) in [6, 6.07) is 15.3. The Morgan fingerprint density at radius 2 is 2.04 bits per heavy atom. The van der Waals surface area contributed by atoms with Crippen LogP contribution in [0, 0.1) is 11.7 Å². The van der Waals surface area contributed by atoms with Crippen LogP contribution in [0.5, 0.6) is 5.75 Å². The van der Waals surface area contributed by atoms with Crippen molar-refractivity contribution in [3.8, 4) is 17.1 Å². The summed E-state index contributed by atoms with van der Waals surface area (Å²) in [7, 11) is 1.62. The third-order valence-corrected chi connectivity index (χ3v) is 4.28. The molecule has 0 saturated carbocycles. The number of H-pyrrole nitrogens is 1. The lowest BCUT2D eigenvalue weighted by atomic mass is 10.2. The molecule has 0 atom stereocenters. The van der Waals surface area contributed by atoms with Gasteiger partial charge in [-0.1, -0.05) is 12.1 Å². The Hall–Kier alpha value is -2.93. The number of amides is 1. The molecule has 6 nitrogen and oxygen atoms in total. The molecule has 2 N–H and O–H groups in total. The Labute approximate surface area is 156 Å². The summed E-state index contributed by atoms with van der Waals surface area (Å²) in [5, 5.41) is 9.99. The number of carbonyl (C=O) groups is 1. The Bertz CT molecular complexity index is 960. The Kier molecular flexibility index (Phi) is 5.48. The first-order valence-corrected chi connectivity index (χ1v) is 8.64. The van der Waals surface area contributed by atoms with Gasteiger partial charge in [0, 0.05) is 24.2 Å². The predicted molar refractivity (Wildman–Crippen MR) is 104 cm³/mol. The summed E-state index contributed by atoms with van der Waals surface area (Å²) in [5.41, 5.74) is 2.79. The molecule has 26 heavy (non-hydrogen) atoms. The molecule has 0 radical (unpaired) electrons. The zero-order valence-electron chi connectivity index (χ0n) is 14.7. The van der Waals surface area contributed by atoms with Crippen LogP contribution in [0.25, 0.3) is 11.4 Å². The molecule has 0 unspecified atom stereocenters. The van der Waals surface area contributed by atoms with E-state index in [2.05, 4.69) is 15.5 Å². The van der Waals surface area contributed by atoms with Crippen molar-refractivity contribution in [3.63, 3.8) is 0 Å². The van der Waals surface area contributed by atoms with Gasteiger partial charge in [0.1, 0.15) is 5.75 Å². The van der Waals surface area contributed by atoms with Crippen molar-refractivity contribution < 1.29 is 9.53 Å². The first kappa shape index (κ1) is 17.9. The molecule has 3 aromatic rings. The van der Waals surface area contributed by atoms with Crippen LogP contribution in [-0.2, 0) is 11.3 Å². The van der Waals surface area contributed by atoms with Crippen LogP contribution in [0.2, 0.25) is 0 Å². The molecule has 2 aromatic carbocycles. The fourth-order valence-electron chi connectivity index (χ4n) is 2.65. The van der Waals surface area contributed by atoms with Gasteiger partial charge in [0.25, 0.3) is 0 Å². The van der Waals surface area contributed by atoms with Gasteiger partial charge >= 0.3 is 0 Å². The van der Waals surface area contributed by atoms with Crippen molar-refractivity contribution in [1.29, 1.82) is 0 Å². The van der Waals surface area contributed by atoms with Gasteiger partial charge in [-0.2, -0.15) is 5.10 Å². The first-order valence-electron chi connectivity index (χ1n) is 8.23. The standard InChI is InChI=1S/C19H20N4O2S/c1-13-4-3-5-15(12-13)20-17(24)10-11-23-18(21-22-19(23)26)14-6-8-16(25-2)9-7-14/h3-9,12H,10-11H2,1-2H3,(H,20,24)(H,22,26). The molecule has 1 heterocycles. The Balaban J connectivity index is 1.71. The Morgan fingerprint density at radius 1 is 1.27 bits per heavy atom. The lowest BCUT2D eigenvalue weighted by Crippen LogP contribution is -2.15.